The molecule has 2 aromatic carbocycles. The van der Waals surface area contributed by atoms with E-state index in [-0.39, 0.29) is 30.3 Å². The molecule has 1 unspecified atom stereocenters. The van der Waals surface area contributed by atoms with Crippen molar-refractivity contribution in [2.24, 2.45) is 0 Å². The molecule has 2 aromatic rings. The fourth-order valence-corrected chi connectivity index (χ4v) is 4.30. The van der Waals surface area contributed by atoms with Crippen molar-refractivity contribution in [1.29, 1.82) is 0 Å². The molecule has 7 nitrogen and oxygen atoms in total. The third kappa shape index (κ3) is 3.89. The summed E-state index contributed by atoms with van der Waals surface area (Å²) in [4.78, 5) is 31.1. The fraction of sp³-hybridized carbons (Fsp3) is 0.391. The number of fused-ring (bicyclic) bond motifs is 1. The molecule has 3 amide bonds. The maximum absolute atomic E-state index is 13.6. The van der Waals surface area contributed by atoms with Crippen molar-refractivity contribution in [3.8, 4) is 11.5 Å². The third-order valence-electron chi connectivity index (χ3n) is 5.94. The van der Waals surface area contributed by atoms with Crippen LogP contribution in [0.5, 0.6) is 11.5 Å². The molecule has 0 aromatic heterocycles. The molecule has 2 aliphatic rings. The summed E-state index contributed by atoms with van der Waals surface area (Å²) in [5, 5.41) is 0. The van der Waals surface area contributed by atoms with Gasteiger partial charge in [-0.15, -0.1) is 0 Å². The van der Waals surface area contributed by atoms with Crippen LogP contribution in [0.15, 0.2) is 36.4 Å². The highest BCUT2D eigenvalue weighted by molar-refractivity contribution is 6.02. The minimum Gasteiger partial charge on any atom is -0.497 e. The second kappa shape index (κ2) is 8.45. The molecule has 2 aliphatic heterocycles. The molecule has 0 bridgehead atoms. The Balaban J connectivity index is 1.53. The van der Waals surface area contributed by atoms with Crippen molar-refractivity contribution in [3.05, 3.63) is 47.8 Å². The van der Waals surface area contributed by atoms with Gasteiger partial charge in [-0.3, -0.25) is 9.69 Å². The summed E-state index contributed by atoms with van der Waals surface area (Å²) < 4.78 is 24.3. The van der Waals surface area contributed by atoms with E-state index in [0.29, 0.717) is 30.3 Å². The molecule has 0 saturated carbocycles. The number of rotatable bonds is 5. The minimum absolute atomic E-state index is 0.0160. The molecule has 1 saturated heterocycles. The summed E-state index contributed by atoms with van der Waals surface area (Å²) in [5.74, 6) is 0.693. The number of carbonyl (C=O) groups excluding carboxylic acids is 2. The molecular formula is C23H26FN3O4. The molecule has 1 fully saturated rings. The summed E-state index contributed by atoms with van der Waals surface area (Å²) in [6.07, 6.45) is 1.48. The first-order valence-corrected chi connectivity index (χ1v) is 10.3. The zero-order chi connectivity index (χ0) is 22.1. The largest absolute Gasteiger partial charge is 0.497 e. The van der Waals surface area contributed by atoms with Crippen LogP contribution in [0.3, 0.4) is 0 Å². The lowest BCUT2D eigenvalue weighted by Crippen LogP contribution is -2.48. The van der Waals surface area contributed by atoms with Crippen LogP contribution in [0.1, 0.15) is 18.9 Å². The van der Waals surface area contributed by atoms with Crippen LogP contribution in [0, 0.1) is 5.82 Å². The number of urea groups is 1. The number of methoxy groups -OCH3 is 2. The maximum Gasteiger partial charge on any atom is 0.325 e. The standard InChI is InChI=1S/C23H26FN3O4/c1-15-4-5-16-12-17(24)6-8-19(16)27(15)22(28)14-25-10-11-26(23(25)29)20-13-18(30-2)7-9-21(20)31-3/h6-9,12-13,15H,4-5,10-11,14H2,1-3H3. The Morgan fingerprint density at radius 1 is 1.10 bits per heavy atom. The van der Waals surface area contributed by atoms with Gasteiger partial charge in [0.1, 0.15) is 23.9 Å². The van der Waals surface area contributed by atoms with E-state index in [2.05, 4.69) is 0 Å². The molecule has 2 heterocycles. The number of ether oxygens (including phenoxy) is 2. The lowest BCUT2D eigenvalue weighted by Gasteiger charge is -2.36. The van der Waals surface area contributed by atoms with Gasteiger partial charge in [0, 0.05) is 30.9 Å². The molecule has 0 radical (unpaired) electrons. The van der Waals surface area contributed by atoms with E-state index >= 15 is 0 Å². The second-order valence-electron chi connectivity index (χ2n) is 7.82. The Morgan fingerprint density at radius 3 is 2.65 bits per heavy atom. The number of anilines is 2. The number of nitrogens with zero attached hydrogens (tertiary/aromatic N) is 3. The van der Waals surface area contributed by atoms with Crippen molar-refractivity contribution in [3.63, 3.8) is 0 Å². The predicted molar refractivity (Wildman–Crippen MR) is 116 cm³/mol. The normalized spacial score (nSPS) is 18.3. The number of aryl methyl sites for hydroxylation is 1. The quantitative estimate of drug-likeness (QED) is 0.733. The summed E-state index contributed by atoms with van der Waals surface area (Å²) in [6.45, 7) is 2.79. The highest BCUT2D eigenvalue weighted by atomic mass is 19.1. The highest BCUT2D eigenvalue weighted by Gasteiger charge is 2.36. The van der Waals surface area contributed by atoms with Crippen LogP contribution < -0.4 is 19.3 Å². The van der Waals surface area contributed by atoms with Crippen LogP contribution in [0.4, 0.5) is 20.6 Å². The average Bonchev–Trinajstić information content (AvgIpc) is 3.13. The van der Waals surface area contributed by atoms with Gasteiger partial charge in [-0.2, -0.15) is 0 Å². The van der Waals surface area contributed by atoms with Crippen LogP contribution in [-0.2, 0) is 11.2 Å². The highest BCUT2D eigenvalue weighted by Crippen LogP contribution is 2.35. The summed E-state index contributed by atoms with van der Waals surface area (Å²) in [6, 6.07) is 9.50. The number of benzene rings is 2. The fourth-order valence-electron chi connectivity index (χ4n) is 4.30. The molecule has 8 heteroatoms. The Morgan fingerprint density at radius 2 is 1.90 bits per heavy atom. The zero-order valence-corrected chi connectivity index (χ0v) is 17.9. The van der Waals surface area contributed by atoms with Crippen LogP contribution in [0.2, 0.25) is 0 Å². The van der Waals surface area contributed by atoms with Crippen molar-refractivity contribution >= 4 is 23.3 Å². The molecule has 31 heavy (non-hydrogen) atoms. The van der Waals surface area contributed by atoms with Crippen molar-refractivity contribution in [1.82, 2.24) is 4.90 Å². The third-order valence-corrected chi connectivity index (χ3v) is 5.94. The van der Waals surface area contributed by atoms with Gasteiger partial charge in [0.2, 0.25) is 5.91 Å². The van der Waals surface area contributed by atoms with Crippen LogP contribution in [0.25, 0.3) is 0 Å². The van der Waals surface area contributed by atoms with Gasteiger partial charge in [-0.05, 0) is 55.7 Å². The number of hydrogen-bond acceptors (Lipinski definition) is 4. The van der Waals surface area contributed by atoms with E-state index in [1.807, 2.05) is 6.92 Å². The Bertz CT molecular complexity index is 1010. The van der Waals surface area contributed by atoms with E-state index in [4.69, 9.17) is 9.47 Å². The second-order valence-corrected chi connectivity index (χ2v) is 7.82. The first-order valence-electron chi connectivity index (χ1n) is 10.3. The molecule has 0 aliphatic carbocycles. The SMILES string of the molecule is COc1ccc(OC)c(N2CCN(CC(=O)N3c4ccc(F)cc4CCC3C)C2=O)c1. The maximum atomic E-state index is 13.6. The summed E-state index contributed by atoms with van der Waals surface area (Å²) >= 11 is 0. The Hall–Kier alpha value is -3.29. The Kier molecular flexibility index (Phi) is 5.71. The van der Waals surface area contributed by atoms with Crippen molar-refractivity contribution in [2.45, 2.75) is 25.8 Å². The van der Waals surface area contributed by atoms with E-state index in [1.54, 1.807) is 48.3 Å². The smallest absolute Gasteiger partial charge is 0.325 e. The number of amides is 3. The van der Waals surface area contributed by atoms with Gasteiger partial charge >= 0.3 is 6.03 Å². The van der Waals surface area contributed by atoms with E-state index in [1.165, 1.54) is 17.0 Å². The van der Waals surface area contributed by atoms with Crippen molar-refractivity contribution < 1.29 is 23.5 Å². The molecule has 0 spiro atoms. The molecule has 164 valence electrons. The number of hydrogen-bond donors (Lipinski definition) is 0. The monoisotopic (exact) mass is 427 g/mol. The summed E-state index contributed by atoms with van der Waals surface area (Å²) in [5.41, 5.74) is 2.15. The Labute approximate surface area is 180 Å². The van der Waals surface area contributed by atoms with Gasteiger partial charge in [-0.25, -0.2) is 9.18 Å². The molecule has 4 rings (SSSR count). The minimum atomic E-state index is -0.307. The van der Waals surface area contributed by atoms with Gasteiger partial charge < -0.3 is 19.3 Å². The number of carbonyl (C=O) groups is 2. The van der Waals surface area contributed by atoms with Gasteiger partial charge in [0.25, 0.3) is 0 Å². The lowest BCUT2D eigenvalue weighted by atomic mass is 9.96. The van der Waals surface area contributed by atoms with E-state index in [9.17, 15) is 14.0 Å². The average molecular weight is 427 g/mol. The molecule has 0 N–H and O–H groups in total. The summed E-state index contributed by atoms with van der Waals surface area (Å²) in [7, 11) is 3.11. The topological polar surface area (TPSA) is 62.3 Å². The predicted octanol–water partition coefficient (Wildman–Crippen LogP) is 3.45. The van der Waals surface area contributed by atoms with Gasteiger partial charge in [-0.1, -0.05) is 0 Å². The van der Waals surface area contributed by atoms with Crippen molar-refractivity contribution in [2.75, 3.05) is 43.7 Å². The zero-order valence-electron chi connectivity index (χ0n) is 17.9. The van der Waals surface area contributed by atoms with Crippen LogP contribution in [-0.4, -0.2) is 56.7 Å². The van der Waals surface area contributed by atoms with Gasteiger partial charge in [0.05, 0.1) is 19.9 Å². The molecular weight excluding hydrogens is 401 g/mol. The lowest BCUT2D eigenvalue weighted by molar-refractivity contribution is -0.119. The first kappa shape index (κ1) is 21.0. The van der Waals surface area contributed by atoms with E-state index in [0.717, 1.165) is 24.1 Å². The first-order chi connectivity index (χ1) is 14.9. The van der Waals surface area contributed by atoms with E-state index < -0.39 is 0 Å². The van der Waals surface area contributed by atoms with Gasteiger partial charge in [0.15, 0.2) is 0 Å². The molecule has 1 atom stereocenters. The van der Waals surface area contributed by atoms with Crippen LogP contribution >= 0.6 is 0 Å². The number of halogens is 1.